The summed E-state index contributed by atoms with van der Waals surface area (Å²) in [5.41, 5.74) is 5.26. The standard InChI is InChI=1S/C41H54F2N6O8/c1-6-12-29(35(51)39(55)45-21-31(50)47-33(36(44)52)25-16-10-13-23(2)19-25)46-37(53)30-20-26(57-41(3,4)5)22-49(30)40(56)34(24-14-8-7-9-15-24)48-38(54)32-27(42)17-11-18-28(32)43/h10-11,13,16-19,24,26,29-30,33-34H,6-9,12,14-15,20-22H2,1-5H3,(H2,44,52)(H,45,55)(H,46,53)(H,47,50)(H,48,54). The molecule has 0 radical (unpaired) electrons. The fraction of sp³-hybridized carbons (Fsp3) is 0.537. The molecule has 2 aromatic carbocycles. The largest absolute Gasteiger partial charge is 0.371 e. The predicted octanol–water partition coefficient (Wildman–Crippen LogP) is 3.05. The molecule has 6 amide bonds. The molecule has 0 spiro atoms. The number of Topliss-reactive ketones (excluding diaryl/α,β-unsaturated/α-hetero) is 1. The second kappa shape index (κ2) is 19.7. The average molecular weight is 797 g/mol. The molecular weight excluding hydrogens is 742 g/mol. The molecule has 1 saturated heterocycles. The molecule has 2 aliphatic rings. The van der Waals surface area contributed by atoms with Gasteiger partial charge in [0, 0.05) is 13.0 Å². The lowest BCUT2D eigenvalue weighted by atomic mass is 9.83. The molecule has 6 N–H and O–H groups in total. The third-order valence-electron chi connectivity index (χ3n) is 10.0. The van der Waals surface area contributed by atoms with Crippen molar-refractivity contribution < 1.29 is 47.1 Å². The zero-order valence-electron chi connectivity index (χ0n) is 33.1. The molecule has 0 aromatic heterocycles. The van der Waals surface area contributed by atoms with E-state index in [9.17, 15) is 42.3 Å². The molecule has 1 heterocycles. The number of rotatable bonds is 16. The number of nitrogens with zero attached hydrogens (tertiary/aromatic N) is 1. The van der Waals surface area contributed by atoms with Crippen LogP contribution in [0.1, 0.15) is 107 Å². The van der Waals surface area contributed by atoms with Crippen LogP contribution in [0, 0.1) is 24.5 Å². The van der Waals surface area contributed by atoms with Crippen LogP contribution in [-0.2, 0) is 33.5 Å². The highest BCUT2D eigenvalue weighted by molar-refractivity contribution is 6.38. The van der Waals surface area contributed by atoms with Gasteiger partial charge in [0.25, 0.3) is 11.8 Å². The third-order valence-corrected chi connectivity index (χ3v) is 10.0. The maximum absolute atomic E-state index is 14.7. The van der Waals surface area contributed by atoms with Crippen LogP contribution in [-0.4, -0.2) is 89.0 Å². The second-order valence-corrected chi connectivity index (χ2v) is 15.8. The minimum Gasteiger partial charge on any atom is -0.371 e. The van der Waals surface area contributed by atoms with Crippen LogP contribution >= 0.6 is 0 Å². The monoisotopic (exact) mass is 796 g/mol. The quantitative estimate of drug-likeness (QED) is 0.159. The summed E-state index contributed by atoms with van der Waals surface area (Å²) in [7, 11) is 0. The lowest BCUT2D eigenvalue weighted by Crippen LogP contribution is -2.58. The van der Waals surface area contributed by atoms with Crippen LogP contribution in [0.2, 0.25) is 0 Å². The van der Waals surface area contributed by atoms with Gasteiger partial charge in [0.15, 0.2) is 0 Å². The van der Waals surface area contributed by atoms with Gasteiger partial charge in [-0.2, -0.15) is 0 Å². The number of hydrogen-bond acceptors (Lipinski definition) is 8. The van der Waals surface area contributed by atoms with E-state index in [-0.39, 0.29) is 25.3 Å². The molecule has 5 unspecified atom stereocenters. The van der Waals surface area contributed by atoms with Crippen molar-refractivity contribution in [2.75, 3.05) is 13.1 Å². The van der Waals surface area contributed by atoms with Crippen LogP contribution in [0.5, 0.6) is 0 Å². The Morgan fingerprint density at radius 2 is 1.58 bits per heavy atom. The number of likely N-dealkylation sites (tertiary alicyclic amines) is 1. The number of ether oxygens (including phenoxy) is 1. The van der Waals surface area contributed by atoms with E-state index < -0.39 is 101 Å². The van der Waals surface area contributed by atoms with Gasteiger partial charge in [-0.15, -0.1) is 0 Å². The summed E-state index contributed by atoms with van der Waals surface area (Å²) in [6, 6.07) is 4.83. The van der Waals surface area contributed by atoms with Crippen molar-refractivity contribution in [1.82, 2.24) is 26.2 Å². The third kappa shape index (κ3) is 12.1. The average Bonchev–Trinajstić information content (AvgIpc) is 3.57. The van der Waals surface area contributed by atoms with Gasteiger partial charge >= 0.3 is 0 Å². The summed E-state index contributed by atoms with van der Waals surface area (Å²) < 4.78 is 35.5. The van der Waals surface area contributed by atoms with E-state index in [1.54, 1.807) is 38.1 Å². The number of primary amides is 1. The molecule has 4 rings (SSSR count). The Hall–Kier alpha value is -5.25. The SMILES string of the molecule is CCCC(NC(=O)C1CC(OC(C)(C)C)CN1C(=O)C(NC(=O)c1c(F)cccc1F)C1CCCCC1)C(=O)C(=O)NCC(=O)NC(C(N)=O)c1cccc(C)c1. The minimum absolute atomic E-state index is 0.0174. The summed E-state index contributed by atoms with van der Waals surface area (Å²) in [5.74, 6) is -8.90. The van der Waals surface area contributed by atoms with Crippen molar-refractivity contribution in [1.29, 1.82) is 0 Å². The number of carbonyl (C=O) groups excluding carboxylic acids is 7. The number of ketones is 1. The Morgan fingerprint density at radius 1 is 0.930 bits per heavy atom. The molecule has 1 aliphatic heterocycles. The summed E-state index contributed by atoms with van der Waals surface area (Å²) in [6.07, 6.45) is 3.34. The first kappa shape index (κ1) is 44.5. The van der Waals surface area contributed by atoms with Crippen LogP contribution in [0.4, 0.5) is 8.78 Å². The fourth-order valence-corrected chi connectivity index (χ4v) is 7.44. The molecule has 2 fully saturated rings. The maximum Gasteiger partial charge on any atom is 0.290 e. The van der Waals surface area contributed by atoms with E-state index in [1.807, 2.05) is 20.8 Å². The Morgan fingerprint density at radius 3 is 2.18 bits per heavy atom. The Balaban J connectivity index is 1.51. The highest BCUT2D eigenvalue weighted by Gasteiger charge is 2.46. The van der Waals surface area contributed by atoms with Crippen molar-refractivity contribution in [2.45, 2.75) is 122 Å². The number of nitrogens with one attached hydrogen (secondary N) is 4. The van der Waals surface area contributed by atoms with Crippen molar-refractivity contribution in [3.8, 4) is 0 Å². The highest BCUT2D eigenvalue weighted by Crippen LogP contribution is 2.31. The molecule has 16 heteroatoms. The molecule has 1 saturated carbocycles. The van der Waals surface area contributed by atoms with Crippen molar-refractivity contribution in [3.05, 3.63) is 70.8 Å². The van der Waals surface area contributed by atoms with Crippen LogP contribution < -0.4 is 27.0 Å². The molecule has 2 aromatic rings. The van der Waals surface area contributed by atoms with E-state index in [2.05, 4.69) is 21.3 Å². The van der Waals surface area contributed by atoms with E-state index in [0.717, 1.165) is 43.0 Å². The number of benzene rings is 2. The van der Waals surface area contributed by atoms with Crippen LogP contribution in [0.3, 0.4) is 0 Å². The minimum atomic E-state index is -1.34. The lowest BCUT2D eigenvalue weighted by Gasteiger charge is -2.35. The van der Waals surface area contributed by atoms with Gasteiger partial charge in [0.2, 0.25) is 29.4 Å². The zero-order chi connectivity index (χ0) is 42.0. The van der Waals surface area contributed by atoms with Crippen molar-refractivity contribution >= 4 is 41.2 Å². The van der Waals surface area contributed by atoms with Crippen LogP contribution in [0.15, 0.2) is 42.5 Å². The lowest BCUT2D eigenvalue weighted by molar-refractivity contribution is -0.143. The molecule has 14 nitrogen and oxygen atoms in total. The Labute approximate surface area is 331 Å². The number of amides is 6. The Bertz CT molecular complexity index is 1810. The highest BCUT2D eigenvalue weighted by atomic mass is 19.1. The van der Waals surface area contributed by atoms with E-state index in [0.29, 0.717) is 24.8 Å². The second-order valence-electron chi connectivity index (χ2n) is 15.8. The van der Waals surface area contributed by atoms with Crippen molar-refractivity contribution in [3.63, 3.8) is 0 Å². The van der Waals surface area contributed by atoms with E-state index in [4.69, 9.17) is 10.5 Å². The number of nitrogens with two attached hydrogens (primary N) is 1. The molecule has 1 aliphatic carbocycles. The van der Waals surface area contributed by atoms with E-state index in [1.165, 1.54) is 4.90 Å². The summed E-state index contributed by atoms with van der Waals surface area (Å²) in [4.78, 5) is 94.6. The van der Waals surface area contributed by atoms with Crippen LogP contribution in [0.25, 0.3) is 0 Å². The topological polar surface area (TPSA) is 206 Å². The summed E-state index contributed by atoms with van der Waals surface area (Å²) >= 11 is 0. The van der Waals surface area contributed by atoms with Gasteiger partial charge < -0.3 is 36.6 Å². The predicted molar refractivity (Wildman–Crippen MR) is 205 cm³/mol. The smallest absolute Gasteiger partial charge is 0.290 e. The van der Waals surface area contributed by atoms with Gasteiger partial charge in [-0.25, -0.2) is 8.78 Å². The molecule has 5 atom stereocenters. The molecule has 57 heavy (non-hydrogen) atoms. The number of hydrogen-bond donors (Lipinski definition) is 5. The zero-order valence-corrected chi connectivity index (χ0v) is 33.1. The number of aryl methyl sites for hydroxylation is 1. The molecule has 0 bridgehead atoms. The van der Waals surface area contributed by atoms with Gasteiger partial charge in [0.05, 0.1) is 24.3 Å². The van der Waals surface area contributed by atoms with Crippen molar-refractivity contribution in [2.24, 2.45) is 11.7 Å². The van der Waals surface area contributed by atoms with E-state index >= 15 is 0 Å². The van der Waals surface area contributed by atoms with Gasteiger partial charge in [-0.05, 0) is 70.6 Å². The first-order valence-electron chi connectivity index (χ1n) is 19.4. The summed E-state index contributed by atoms with van der Waals surface area (Å²) in [5, 5.41) is 9.90. The number of carbonyl (C=O) groups is 7. The fourth-order valence-electron chi connectivity index (χ4n) is 7.44. The molecule has 310 valence electrons. The Kier molecular flexibility index (Phi) is 15.4. The summed E-state index contributed by atoms with van der Waals surface area (Å²) in [6.45, 7) is 8.24. The molecular formula is C41H54F2N6O8. The first-order valence-corrected chi connectivity index (χ1v) is 19.4. The maximum atomic E-state index is 14.7. The van der Waals surface area contributed by atoms with Gasteiger partial charge in [-0.3, -0.25) is 33.6 Å². The van der Waals surface area contributed by atoms with Gasteiger partial charge in [-0.1, -0.05) is 68.5 Å². The van der Waals surface area contributed by atoms with Gasteiger partial charge in [0.1, 0.15) is 35.3 Å². The number of halogens is 2. The normalized spacial score (nSPS) is 18.8. The first-order chi connectivity index (χ1) is 26.9.